The van der Waals surface area contributed by atoms with E-state index in [0.717, 1.165) is 15.9 Å². The molecule has 0 spiro atoms. The Bertz CT molecular complexity index is 952. The van der Waals surface area contributed by atoms with Crippen LogP contribution in [0.2, 0.25) is 0 Å². The fraction of sp³-hybridized carbons (Fsp3) is 0.417. The Morgan fingerprint density at radius 1 is 1.33 bits per heavy atom. The molecule has 0 fully saturated rings. The van der Waals surface area contributed by atoms with Gasteiger partial charge < -0.3 is 9.47 Å². The Morgan fingerprint density at radius 2 is 1.96 bits per heavy atom. The summed E-state index contributed by atoms with van der Waals surface area (Å²) in [6, 6.07) is -1.50. The zero-order valence-electron chi connectivity index (χ0n) is 14.4. The monoisotopic (exact) mass is 421 g/mol. The van der Waals surface area contributed by atoms with Gasteiger partial charge in [-0.15, -0.1) is 20.7 Å². The van der Waals surface area contributed by atoms with E-state index in [0.29, 0.717) is 0 Å². The first-order valence-corrected chi connectivity index (χ1v) is 9.63. The number of ether oxygens (including phenoxy) is 2. The molecule has 2 amide bonds. The number of aromatic nitrogens is 4. The van der Waals surface area contributed by atoms with E-state index in [4.69, 9.17) is 9.47 Å². The Labute approximate surface area is 157 Å². The van der Waals surface area contributed by atoms with Gasteiger partial charge in [0, 0.05) is 11.6 Å². The number of carbonyl (C=O) groups excluding carboxylic acids is 1. The molecule has 0 aromatic carbocycles. The van der Waals surface area contributed by atoms with Crippen LogP contribution in [-0.2, 0) is 10.2 Å². The van der Waals surface area contributed by atoms with E-state index < -0.39 is 22.5 Å². The van der Waals surface area contributed by atoms with Crippen molar-refractivity contribution in [1.29, 1.82) is 0 Å². The summed E-state index contributed by atoms with van der Waals surface area (Å²) in [7, 11) is -1.90. The highest BCUT2D eigenvalue weighted by Crippen LogP contribution is 2.12. The molecular formula is C12H16FN7O5S2. The van der Waals surface area contributed by atoms with Crippen molar-refractivity contribution in [3.8, 4) is 12.0 Å². The number of anilines is 1. The second-order valence-electron chi connectivity index (χ2n) is 4.69. The first kappa shape index (κ1) is 20.5. The van der Waals surface area contributed by atoms with Crippen molar-refractivity contribution in [3.63, 3.8) is 0 Å². The summed E-state index contributed by atoms with van der Waals surface area (Å²) < 4.78 is 53.6. The quantitative estimate of drug-likeness (QED) is 0.660. The van der Waals surface area contributed by atoms with Crippen LogP contribution in [0.1, 0.15) is 19.6 Å². The van der Waals surface area contributed by atoms with Gasteiger partial charge in [-0.25, -0.2) is 13.9 Å². The predicted octanol–water partition coefficient (Wildman–Crippen LogP) is 0.597. The Hall–Kier alpha value is -2.81. The molecule has 1 unspecified atom stereocenters. The largest absolute Gasteiger partial charge is 0.467 e. The number of thiazole rings is 1. The van der Waals surface area contributed by atoms with Crippen molar-refractivity contribution in [3.05, 3.63) is 16.4 Å². The van der Waals surface area contributed by atoms with Crippen molar-refractivity contribution in [1.82, 2.24) is 24.2 Å². The molecule has 0 aliphatic heterocycles. The normalized spacial score (nSPS) is 13.1. The van der Waals surface area contributed by atoms with Gasteiger partial charge in [0.15, 0.2) is 6.30 Å². The molecule has 1 atom stereocenters. The van der Waals surface area contributed by atoms with Gasteiger partial charge in [0.1, 0.15) is 0 Å². The second kappa shape index (κ2) is 8.72. The third-order valence-electron chi connectivity index (χ3n) is 2.86. The average molecular weight is 421 g/mol. The van der Waals surface area contributed by atoms with Crippen molar-refractivity contribution >= 4 is 33.5 Å². The fourth-order valence-electron chi connectivity index (χ4n) is 1.71. The van der Waals surface area contributed by atoms with Gasteiger partial charge in [0.2, 0.25) is 10.7 Å². The van der Waals surface area contributed by atoms with Crippen LogP contribution in [0.3, 0.4) is 0 Å². The number of hydrogen-bond donors (Lipinski definition) is 2. The Kier molecular flexibility index (Phi) is 6.62. The highest BCUT2D eigenvalue weighted by molar-refractivity contribution is 7.88. The summed E-state index contributed by atoms with van der Waals surface area (Å²) in [5.41, 5.74) is 0. The number of carbonyl (C=O) groups is 1. The van der Waals surface area contributed by atoms with E-state index in [-0.39, 0.29) is 29.2 Å². The summed E-state index contributed by atoms with van der Waals surface area (Å²) in [6.07, 6.45) is 0.0431. The lowest BCUT2D eigenvalue weighted by Gasteiger charge is -2.08. The Morgan fingerprint density at radius 3 is 2.52 bits per heavy atom. The van der Waals surface area contributed by atoms with Gasteiger partial charge in [-0.3, -0.25) is 9.88 Å². The third kappa shape index (κ3) is 5.58. The smallest absolute Gasteiger partial charge is 0.348 e. The van der Waals surface area contributed by atoms with Crippen LogP contribution in [0.15, 0.2) is 16.0 Å². The van der Waals surface area contributed by atoms with Crippen molar-refractivity contribution in [2.24, 2.45) is 4.40 Å². The van der Waals surface area contributed by atoms with Gasteiger partial charge in [0.25, 0.3) is 0 Å². The van der Waals surface area contributed by atoms with Crippen molar-refractivity contribution in [2.45, 2.75) is 19.6 Å². The summed E-state index contributed by atoms with van der Waals surface area (Å²) in [6.45, 7) is 1.59. The highest BCUT2D eigenvalue weighted by atomic mass is 32.2. The third-order valence-corrected chi connectivity index (χ3v) is 4.60. The molecular weight excluding hydrogens is 405 g/mol. The van der Waals surface area contributed by atoms with Gasteiger partial charge in [0.05, 0.1) is 14.2 Å². The molecule has 2 aromatic rings. The fourth-order valence-corrected chi connectivity index (χ4v) is 3.41. The number of alkyl halides is 1. The maximum atomic E-state index is 13.8. The first-order valence-electron chi connectivity index (χ1n) is 7.31. The van der Waals surface area contributed by atoms with Crippen LogP contribution >= 0.6 is 11.3 Å². The van der Waals surface area contributed by atoms with E-state index in [1.165, 1.54) is 25.8 Å². The molecule has 0 radical (unpaired) electrons. The molecule has 0 aliphatic rings. The highest BCUT2D eigenvalue weighted by Gasteiger charge is 2.17. The average Bonchev–Trinajstić information content (AvgIpc) is 3.07. The molecule has 2 heterocycles. The number of nitrogens with one attached hydrogen (secondary N) is 2. The predicted molar refractivity (Wildman–Crippen MR) is 92.3 cm³/mol. The molecule has 2 aromatic heterocycles. The lowest BCUT2D eigenvalue weighted by Crippen LogP contribution is -2.35. The number of methoxy groups -OCH3 is 2. The lowest BCUT2D eigenvalue weighted by molar-refractivity contribution is 0.229. The van der Waals surface area contributed by atoms with Gasteiger partial charge >= 0.3 is 28.3 Å². The number of rotatable bonds is 7. The molecule has 15 heteroatoms. The molecule has 0 saturated carbocycles. The van der Waals surface area contributed by atoms with Crippen LogP contribution < -0.4 is 24.3 Å². The summed E-state index contributed by atoms with van der Waals surface area (Å²) in [5.74, 6) is -0.313. The number of hydrogen-bond acceptors (Lipinski definition) is 9. The summed E-state index contributed by atoms with van der Waals surface area (Å²) in [4.78, 5) is 22.9. The van der Waals surface area contributed by atoms with Crippen LogP contribution in [-0.4, -0.2) is 48.2 Å². The van der Waals surface area contributed by atoms with Crippen LogP contribution in [0.25, 0.3) is 0 Å². The first-order chi connectivity index (χ1) is 12.8. The standard InChI is InChI=1S/C12H16FN7O5S2/c1-4-7(13)20-5-6-26-12(20)19-27(22,23)18-9(21)14-8-15-10(24-2)17-11(16-8)25-3/h5-7H,4H2,1-3H3,(H2,14,15,16,17,18,21). The van der Waals surface area contributed by atoms with E-state index in [1.54, 1.807) is 11.6 Å². The molecule has 2 rings (SSSR count). The van der Waals surface area contributed by atoms with Crippen LogP contribution in [0.4, 0.5) is 15.1 Å². The summed E-state index contributed by atoms with van der Waals surface area (Å²) >= 11 is 0.900. The van der Waals surface area contributed by atoms with Crippen molar-refractivity contribution in [2.75, 3.05) is 19.5 Å². The minimum Gasteiger partial charge on any atom is -0.467 e. The van der Waals surface area contributed by atoms with Crippen LogP contribution in [0, 0.1) is 0 Å². The number of amides is 2. The molecule has 12 nitrogen and oxygen atoms in total. The number of urea groups is 1. The van der Waals surface area contributed by atoms with E-state index in [2.05, 4.69) is 24.7 Å². The maximum absolute atomic E-state index is 13.8. The number of halogens is 1. The molecule has 27 heavy (non-hydrogen) atoms. The minimum absolute atomic E-state index is 0.126. The molecule has 2 N–H and O–H groups in total. The molecule has 0 saturated heterocycles. The molecule has 0 bridgehead atoms. The Balaban J connectivity index is 2.18. The zero-order chi connectivity index (χ0) is 20.0. The van der Waals surface area contributed by atoms with E-state index in [1.807, 2.05) is 0 Å². The summed E-state index contributed by atoms with van der Waals surface area (Å²) in [5, 5.41) is 3.56. The van der Waals surface area contributed by atoms with Gasteiger partial charge in [-0.2, -0.15) is 18.4 Å². The lowest BCUT2D eigenvalue weighted by atomic mass is 10.4. The van der Waals surface area contributed by atoms with Crippen LogP contribution in [0.5, 0.6) is 12.0 Å². The van der Waals surface area contributed by atoms with Gasteiger partial charge in [-0.05, 0) is 6.42 Å². The van der Waals surface area contributed by atoms with Crippen molar-refractivity contribution < 1.29 is 27.1 Å². The molecule has 148 valence electrons. The van der Waals surface area contributed by atoms with Gasteiger partial charge in [-0.1, -0.05) is 6.92 Å². The maximum Gasteiger partial charge on any atom is 0.348 e. The molecule has 0 aliphatic carbocycles. The van der Waals surface area contributed by atoms with E-state index in [9.17, 15) is 17.6 Å². The second-order valence-corrected chi connectivity index (χ2v) is 6.90. The van der Waals surface area contributed by atoms with E-state index >= 15 is 0 Å². The number of nitrogens with zero attached hydrogens (tertiary/aromatic N) is 5. The topological polar surface area (TPSA) is 150 Å². The SMILES string of the molecule is CCC(F)n1ccsc1=NS(=O)(=O)NC(=O)Nc1nc(OC)nc(OC)n1. The zero-order valence-corrected chi connectivity index (χ0v) is 16.0. The minimum atomic E-state index is -4.47.